The first-order valence-corrected chi connectivity index (χ1v) is 5.76. The van der Waals surface area contributed by atoms with Crippen molar-refractivity contribution >= 4 is 12.6 Å². The molecule has 2 fully saturated rings. The van der Waals surface area contributed by atoms with Crippen LogP contribution < -0.4 is 10.6 Å². The molecule has 2 N–H and O–H groups in total. The molecule has 3 atom stereocenters. The molecule has 2 rings (SSSR count). The van der Waals surface area contributed by atoms with Crippen LogP contribution in [0.15, 0.2) is 0 Å². The molecule has 0 bridgehead atoms. The van der Waals surface area contributed by atoms with E-state index in [2.05, 4.69) is 17.6 Å². The Labute approximate surface area is 86.3 Å². The lowest BCUT2D eigenvalue weighted by Gasteiger charge is -2.33. The summed E-state index contributed by atoms with van der Waals surface area (Å²) in [7, 11) is 0. The fourth-order valence-electron chi connectivity index (χ4n) is 2.65. The number of hydrogen-bond donors (Lipinski definition) is 3. The summed E-state index contributed by atoms with van der Waals surface area (Å²) in [4.78, 5) is 0. The van der Waals surface area contributed by atoms with Gasteiger partial charge in [0.1, 0.15) is 0 Å². The van der Waals surface area contributed by atoms with Crippen molar-refractivity contribution in [1.29, 1.82) is 0 Å². The number of rotatable bonds is 0. The van der Waals surface area contributed by atoms with Crippen LogP contribution in [0.3, 0.4) is 0 Å². The van der Waals surface area contributed by atoms with Crippen molar-refractivity contribution in [3.63, 3.8) is 0 Å². The number of fused-ring (bicyclic) bond motifs is 1. The molecule has 0 aromatic heterocycles. The first-order chi connectivity index (χ1) is 6.17. The lowest BCUT2D eigenvalue weighted by Crippen LogP contribution is -2.39. The second kappa shape index (κ2) is 3.79. The van der Waals surface area contributed by atoms with Crippen molar-refractivity contribution in [2.24, 2.45) is 11.8 Å². The molecular formula is C10H20N2S. The van der Waals surface area contributed by atoms with Crippen LogP contribution in [0.2, 0.25) is 0 Å². The van der Waals surface area contributed by atoms with Gasteiger partial charge in [-0.25, -0.2) is 0 Å². The van der Waals surface area contributed by atoms with Gasteiger partial charge >= 0.3 is 0 Å². The minimum Gasteiger partial charge on any atom is -0.316 e. The Balaban J connectivity index is 2.03. The number of piperidine rings is 1. The minimum absolute atomic E-state index is 0.193. The molecule has 3 heteroatoms. The van der Waals surface area contributed by atoms with Gasteiger partial charge in [-0.1, -0.05) is 0 Å². The highest BCUT2D eigenvalue weighted by molar-refractivity contribution is 7.81. The molecule has 0 radical (unpaired) electrons. The van der Waals surface area contributed by atoms with E-state index in [4.69, 9.17) is 12.6 Å². The summed E-state index contributed by atoms with van der Waals surface area (Å²) >= 11 is 4.71. The van der Waals surface area contributed by atoms with Crippen molar-refractivity contribution in [2.45, 2.75) is 24.5 Å². The molecule has 76 valence electrons. The number of hydrogen-bond acceptors (Lipinski definition) is 3. The molecule has 2 heterocycles. The van der Waals surface area contributed by atoms with Crippen LogP contribution in [0.25, 0.3) is 0 Å². The standard InChI is InChI=1S/C10H20N2S/c1-10(13)4-9-6-11-3-2-8(9)5-12-7-10/h8-9,11-13H,2-7H2,1H3. The zero-order chi connectivity index (χ0) is 9.31. The summed E-state index contributed by atoms with van der Waals surface area (Å²) < 4.78 is 0.193. The first kappa shape index (κ1) is 9.81. The third-order valence-electron chi connectivity index (χ3n) is 3.38. The maximum absolute atomic E-state index is 4.71. The van der Waals surface area contributed by atoms with E-state index in [9.17, 15) is 0 Å². The summed E-state index contributed by atoms with van der Waals surface area (Å²) in [5.74, 6) is 1.72. The predicted molar refractivity (Wildman–Crippen MR) is 59.3 cm³/mol. The molecule has 0 aromatic carbocycles. The third-order valence-corrected chi connectivity index (χ3v) is 3.72. The fraction of sp³-hybridized carbons (Fsp3) is 1.00. The smallest absolute Gasteiger partial charge is 0.0229 e. The molecule has 2 saturated heterocycles. The molecule has 13 heavy (non-hydrogen) atoms. The highest BCUT2D eigenvalue weighted by atomic mass is 32.1. The van der Waals surface area contributed by atoms with Gasteiger partial charge in [0, 0.05) is 11.3 Å². The summed E-state index contributed by atoms with van der Waals surface area (Å²) in [6, 6.07) is 0. The van der Waals surface area contributed by atoms with Crippen LogP contribution in [0.1, 0.15) is 19.8 Å². The zero-order valence-electron chi connectivity index (χ0n) is 8.34. The van der Waals surface area contributed by atoms with Gasteiger partial charge in [0.15, 0.2) is 0 Å². The van der Waals surface area contributed by atoms with Crippen LogP contribution >= 0.6 is 12.6 Å². The number of nitrogens with one attached hydrogen (secondary N) is 2. The molecule has 0 saturated carbocycles. The topological polar surface area (TPSA) is 24.1 Å². The second-order valence-corrected chi connectivity index (χ2v) is 5.92. The van der Waals surface area contributed by atoms with Crippen LogP contribution in [0, 0.1) is 11.8 Å². The average molecular weight is 200 g/mol. The van der Waals surface area contributed by atoms with Gasteiger partial charge in [-0.3, -0.25) is 0 Å². The molecule has 2 aliphatic heterocycles. The van der Waals surface area contributed by atoms with Crippen molar-refractivity contribution < 1.29 is 0 Å². The highest BCUT2D eigenvalue weighted by Gasteiger charge is 2.33. The van der Waals surface area contributed by atoms with Gasteiger partial charge in [-0.15, -0.1) is 0 Å². The Hall–Kier alpha value is 0.270. The third kappa shape index (κ3) is 2.39. The van der Waals surface area contributed by atoms with E-state index >= 15 is 0 Å². The maximum atomic E-state index is 4.71. The van der Waals surface area contributed by atoms with Crippen LogP contribution in [0.5, 0.6) is 0 Å². The molecule has 2 nitrogen and oxygen atoms in total. The van der Waals surface area contributed by atoms with Gasteiger partial charge in [-0.05, 0) is 51.2 Å². The van der Waals surface area contributed by atoms with Crippen molar-refractivity contribution in [2.75, 3.05) is 26.2 Å². The largest absolute Gasteiger partial charge is 0.316 e. The minimum atomic E-state index is 0.193. The summed E-state index contributed by atoms with van der Waals surface area (Å²) in [5.41, 5.74) is 0. The summed E-state index contributed by atoms with van der Waals surface area (Å²) in [5, 5.41) is 7.02. The lowest BCUT2D eigenvalue weighted by molar-refractivity contribution is 0.246. The summed E-state index contributed by atoms with van der Waals surface area (Å²) in [6.45, 7) is 6.90. The predicted octanol–water partition coefficient (Wildman–Crippen LogP) is 0.894. The van der Waals surface area contributed by atoms with E-state index < -0.39 is 0 Å². The van der Waals surface area contributed by atoms with Crippen molar-refractivity contribution in [1.82, 2.24) is 10.6 Å². The lowest BCUT2D eigenvalue weighted by atomic mass is 9.82. The van der Waals surface area contributed by atoms with Gasteiger partial charge in [-0.2, -0.15) is 12.6 Å². The van der Waals surface area contributed by atoms with E-state index in [0.29, 0.717) is 0 Å². The molecule has 0 spiro atoms. The van der Waals surface area contributed by atoms with Gasteiger partial charge in [0.05, 0.1) is 0 Å². The fourth-order valence-corrected chi connectivity index (χ4v) is 3.00. The highest BCUT2D eigenvalue weighted by Crippen LogP contribution is 2.32. The van der Waals surface area contributed by atoms with E-state index in [1.165, 1.54) is 32.5 Å². The van der Waals surface area contributed by atoms with Crippen molar-refractivity contribution in [3.05, 3.63) is 0 Å². The van der Waals surface area contributed by atoms with E-state index in [1.54, 1.807) is 0 Å². The van der Waals surface area contributed by atoms with E-state index in [0.717, 1.165) is 18.4 Å². The maximum Gasteiger partial charge on any atom is 0.0229 e. The zero-order valence-corrected chi connectivity index (χ0v) is 9.24. The Morgan fingerprint density at radius 3 is 2.85 bits per heavy atom. The Morgan fingerprint density at radius 1 is 1.23 bits per heavy atom. The van der Waals surface area contributed by atoms with Gasteiger partial charge in [0.25, 0.3) is 0 Å². The van der Waals surface area contributed by atoms with Gasteiger partial charge in [0.2, 0.25) is 0 Å². The number of thiol groups is 1. The van der Waals surface area contributed by atoms with Crippen LogP contribution in [-0.4, -0.2) is 30.9 Å². The van der Waals surface area contributed by atoms with Gasteiger partial charge < -0.3 is 10.6 Å². The molecule has 3 unspecified atom stereocenters. The quantitative estimate of drug-likeness (QED) is 0.506. The second-order valence-electron chi connectivity index (χ2n) is 4.84. The molecule has 0 aromatic rings. The van der Waals surface area contributed by atoms with E-state index in [-0.39, 0.29) is 4.75 Å². The molecule has 0 amide bonds. The monoisotopic (exact) mass is 200 g/mol. The van der Waals surface area contributed by atoms with Crippen LogP contribution in [-0.2, 0) is 0 Å². The average Bonchev–Trinajstić information content (AvgIpc) is 2.21. The first-order valence-electron chi connectivity index (χ1n) is 5.31. The molecule has 0 aliphatic carbocycles. The molecule has 2 aliphatic rings. The Kier molecular flexibility index (Phi) is 2.86. The molecular weight excluding hydrogens is 180 g/mol. The van der Waals surface area contributed by atoms with E-state index in [1.807, 2.05) is 0 Å². The Bertz CT molecular complexity index is 182. The van der Waals surface area contributed by atoms with Crippen molar-refractivity contribution in [3.8, 4) is 0 Å². The summed E-state index contributed by atoms with van der Waals surface area (Å²) in [6.07, 6.45) is 2.59. The van der Waals surface area contributed by atoms with Crippen LogP contribution in [0.4, 0.5) is 0 Å². The normalized spacial score (nSPS) is 46.6. The SMILES string of the molecule is CC1(S)CNCC2CCNCC2C1. The Morgan fingerprint density at radius 2 is 2.00 bits per heavy atom.